The highest BCUT2D eigenvalue weighted by Gasteiger charge is 2.06. The minimum Gasteiger partial charge on any atom is -0.483 e. The molecule has 0 spiro atoms. The number of hydrogen-bond acceptors (Lipinski definition) is 3. The third kappa shape index (κ3) is 5.08. The minimum absolute atomic E-state index is 0.135. The lowest BCUT2D eigenvalue weighted by molar-refractivity contribution is -0.123. The van der Waals surface area contributed by atoms with E-state index >= 15 is 0 Å². The summed E-state index contributed by atoms with van der Waals surface area (Å²) in [5.41, 5.74) is 6.90. The standard InChI is InChI=1S/C18H18BrClN2O2/c1-11-6-12(2)15(13(3)7-11)9-21-22-18(23)10-24-17-5-4-14(20)8-16(17)19/h4-9H,10H2,1-3H3,(H,22,23)/b21-9+. The van der Waals surface area contributed by atoms with E-state index in [-0.39, 0.29) is 12.5 Å². The maximum absolute atomic E-state index is 11.8. The Morgan fingerprint density at radius 3 is 2.54 bits per heavy atom. The Hall–Kier alpha value is -1.85. The quantitative estimate of drug-likeness (QED) is 0.581. The molecular formula is C18H18BrClN2O2. The molecule has 126 valence electrons. The van der Waals surface area contributed by atoms with Crippen molar-refractivity contribution in [2.75, 3.05) is 6.61 Å². The van der Waals surface area contributed by atoms with Crippen molar-refractivity contribution < 1.29 is 9.53 Å². The van der Waals surface area contributed by atoms with E-state index in [0.717, 1.165) is 16.7 Å². The van der Waals surface area contributed by atoms with Crippen molar-refractivity contribution in [1.82, 2.24) is 5.43 Å². The van der Waals surface area contributed by atoms with Gasteiger partial charge in [-0.25, -0.2) is 5.43 Å². The van der Waals surface area contributed by atoms with E-state index in [2.05, 4.69) is 45.5 Å². The number of halogens is 2. The lowest BCUT2D eigenvalue weighted by atomic mass is 10.0. The number of benzene rings is 2. The lowest BCUT2D eigenvalue weighted by Crippen LogP contribution is -2.24. The second-order valence-electron chi connectivity index (χ2n) is 5.47. The van der Waals surface area contributed by atoms with Crippen molar-refractivity contribution in [3.05, 3.63) is 62.1 Å². The molecule has 0 fully saturated rings. The summed E-state index contributed by atoms with van der Waals surface area (Å²) in [6, 6.07) is 9.26. The van der Waals surface area contributed by atoms with Crippen molar-refractivity contribution in [2.45, 2.75) is 20.8 Å². The number of hydrogen-bond donors (Lipinski definition) is 1. The van der Waals surface area contributed by atoms with E-state index < -0.39 is 0 Å². The van der Waals surface area contributed by atoms with Crippen LogP contribution in [0.2, 0.25) is 5.02 Å². The molecule has 24 heavy (non-hydrogen) atoms. The van der Waals surface area contributed by atoms with Crippen LogP contribution in [0.4, 0.5) is 0 Å². The van der Waals surface area contributed by atoms with Crippen LogP contribution < -0.4 is 10.2 Å². The molecule has 0 atom stereocenters. The third-order valence-electron chi connectivity index (χ3n) is 3.37. The Bertz CT molecular complexity index is 768. The first kappa shape index (κ1) is 18.5. The van der Waals surface area contributed by atoms with Gasteiger partial charge in [0.15, 0.2) is 6.61 Å². The molecule has 0 aromatic heterocycles. The SMILES string of the molecule is Cc1cc(C)c(/C=N/NC(=O)COc2ccc(Cl)cc2Br)c(C)c1. The molecule has 0 aliphatic heterocycles. The number of ether oxygens (including phenoxy) is 1. The average Bonchev–Trinajstić information content (AvgIpc) is 2.49. The number of carbonyl (C=O) groups excluding carboxylic acids is 1. The van der Waals surface area contributed by atoms with Crippen molar-refractivity contribution in [3.8, 4) is 5.75 Å². The van der Waals surface area contributed by atoms with Gasteiger partial charge in [0.05, 0.1) is 10.7 Å². The summed E-state index contributed by atoms with van der Waals surface area (Å²) in [4.78, 5) is 11.8. The second kappa shape index (κ2) is 8.31. The number of nitrogens with zero attached hydrogens (tertiary/aromatic N) is 1. The number of amides is 1. The zero-order chi connectivity index (χ0) is 17.7. The molecule has 0 saturated carbocycles. The molecule has 0 aliphatic carbocycles. The molecule has 2 aromatic carbocycles. The fourth-order valence-electron chi connectivity index (χ4n) is 2.33. The van der Waals surface area contributed by atoms with Crippen LogP contribution >= 0.6 is 27.5 Å². The molecule has 1 amide bonds. The number of hydrazone groups is 1. The molecular weight excluding hydrogens is 392 g/mol. The molecule has 0 bridgehead atoms. The van der Waals surface area contributed by atoms with Gasteiger partial charge in [0.1, 0.15) is 5.75 Å². The van der Waals surface area contributed by atoms with E-state index in [0.29, 0.717) is 15.2 Å². The molecule has 0 radical (unpaired) electrons. The van der Waals surface area contributed by atoms with Crippen LogP contribution in [0, 0.1) is 20.8 Å². The van der Waals surface area contributed by atoms with E-state index in [4.69, 9.17) is 16.3 Å². The van der Waals surface area contributed by atoms with Crippen LogP contribution in [-0.2, 0) is 4.79 Å². The molecule has 0 aliphatic rings. The summed E-state index contributed by atoms with van der Waals surface area (Å²) in [5.74, 6) is 0.208. The van der Waals surface area contributed by atoms with E-state index in [1.54, 1.807) is 24.4 Å². The normalized spacial score (nSPS) is 10.9. The van der Waals surface area contributed by atoms with Gasteiger partial charge in [0.2, 0.25) is 0 Å². The van der Waals surface area contributed by atoms with Gasteiger partial charge in [-0.2, -0.15) is 5.10 Å². The first-order valence-corrected chi connectivity index (χ1v) is 8.51. The Morgan fingerprint density at radius 1 is 1.25 bits per heavy atom. The summed E-state index contributed by atoms with van der Waals surface area (Å²) in [5, 5.41) is 4.59. The van der Waals surface area contributed by atoms with Gasteiger partial charge < -0.3 is 4.74 Å². The number of aryl methyl sites for hydroxylation is 3. The van der Waals surface area contributed by atoms with Crippen LogP contribution in [0.5, 0.6) is 5.75 Å². The third-order valence-corrected chi connectivity index (χ3v) is 4.23. The highest BCUT2D eigenvalue weighted by molar-refractivity contribution is 9.10. The number of carbonyl (C=O) groups is 1. The van der Waals surface area contributed by atoms with Gasteiger partial charge in [-0.1, -0.05) is 29.3 Å². The van der Waals surface area contributed by atoms with Crippen LogP contribution in [0.25, 0.3) is 0 Å². The first-order valence-electron chi connectivity index (χ1n) is 7.34. The molecule has 2 aromatic rings. The van der Waals surface area contributed by atoms with Crippen molar-refractivity contribution in [3.63, 3.8) is 0 Å². The van der Waals surface area contributed by atoms with Crippen molar-refractivity contribution in [1.29, 1.82) is 0 Å². The molecule has 1 N–H and O–H groups in total. The van der Waals surface area contributed by atoms with Gasteiger partial charge in [-0.3, -0.25) is 4.79 Å². The summed E-state index contributed by atoms with van der Waals surface area (Å²) in [7, 11) is 0. The molecule has 6 heteroatoms. The summed E-state index contributed by atoms with van der Waals surface area (Å²) in [6.45, 7) is 5.95. The topological polar surface area (TPSA) is 50.7 Å². The number of rotatable bonds is 5. The summed E-state index contributed by atoms with van der Waals surface area (Å²) >= 11 is 9.19. The molecule has 0 saturated heterocycles. The average molecular weight is 410 g/mol. The largest absolute Gasteiger partial charge is 0.483 e. The fraction of sp³-hybridized carbons (Fsp3) is 0.222. The van der Waals surface area contributed by atoms with E-state index in [1.165, 1.54) is 5.56 Å². The highest BCUT2D eigenvalue weighted by atomic mass is 79.9. The van der Waals surface area contributed by atoms with Gasteiger partial charge in [-0.05, 0) is 66.0 Å². The maximum atomic E-state index is 11.8. The van der Waals surface area contributed by atoms with Crippen molar-refractivity contribution >= 4 is 39.7 Å². The van der Waals surface area contributed by atoms with E-state index in [1.807, 2.05) is 13.8 Å². The Labute approximate surface area is 155 Å². The van der Waals surface area contributed by atoms with Crippen LogP contribution in [0.3, 0.4) is 0 Å². The zero-order valence-corrected chi connectivity index (χ0v) is 16.0. The Balaban J connectivity index is 1.91. The second-order valence-corrected chi connectivity index (χ2v) is 6.76. The molecule has 0 heterocycles. The maximum Gasteiger partial charge on any atom is 0.277 e. The lowest BCUT2D eigenvalue weighted by Gasteiger charge is -2.08. The van der Waals surface area contributed by atoms with E-state index in [9.17, 15) is 4.79 Å². The van der Waals surface area contributed by atoms with Crippen LogP contribution in [0.1, 0.15) is 22.3 Å². The summed E-state index contributed by atoms with van der Waals surface area (Å²) in [6.07, 6.45) is 1.65. The number of nitrogens with one attached hydrogen (secondary N) is 1. The van der Waals surface area contributed by atoms with Gasteiger partial charge in [0.25, 0.3) is 5.91 Å². The first-order chi connectivity index (χ1) is 11.4. The molecule has 2 rings (SSSR count). The Morgan fingerprint density at radius 2 is 1.92 bits per heavy atom. The predicted octanol–water partition coefficient (Wildman–Crippen LogP) is 4.56. The summed E-state index contributed by atoms with van der Waals surface area (Å²) < 4.78 is 6.12. The molecule has 0 unspecified atom stereocenters. The fourth-order valence-corrected chi connectivity index (χ4v) is 3.13. The monoisotopic (exact) mass is 408 g/mol. The van der Waals surface area contributed by atoms with Gasteiger partial charge in [-0.15, -0.1) is 0 Å². The molecule has 4 nitrogen and oxygen atoms in total. The van der Waals surface area contributed by atoms with Gasteiger partial charge >= 0.3 is 0 Å². The minimum atomic E-state index is -0.337. The highest BCUT2D eigenvalue weighted by Crippen LogP contribution is 2.27. The predicted molar refractivity (Wildman–Crippen MR) is 101 cm³/mol. The van der Waals surface area contributed by atoms with Crippen LogP contribution in [-0.4, -0.2) is 18.7 Å². The van der Waals surface area contributed by atoms with Gasteiger partial charge in [0, 0.05) is 10.6 Å². The Kier molecular flexibility index (Phi) is 6.40. The zero-order valence-electron chi connectivity index (χ0n) is 13.7. The smallest absolute Gasteiger partial charge is 0.277 e. The van der Waals surface area contributed by atoms with Crippen molar-refractivity contribution in [2.24, 2.45) is 5.10 Å². The van der Waals surface area contributed by atoms with Crippen LogP contribution in [0.15, 0.2) is 39.9 Å².